The largest absolute Gasteiger partial charge is 0.457 e. The molecule has 6 rings (SSSR count). The minimum absolute atomic E-state index is 0.316. The summed E-state index contributed by atoms with van der Waals surface area (Å²) < 4.78 is 28.6. The van der Waals surface area contributed by atoms with E-state index in [0.29, 0.717) is 24.4 Å². The molecule has 0 spiro atoms. The van der Waals surface area contributed by atoms with Gasteiger partial charge in [-0.3, -0.25) is 0 Å². The predicted octanol–water partition coefficient (Wildman–Crippen LogP) is 3.24. The van der Waals surface area contributed by atoms with E-state index in [-0.39, 0.29) is 0 Å². The predicted molar refractivity (Wildman–Crippen MR) is 107 cm³/mol. The van der Waals surface area contributed by atoms with Crippen LogP contribution in [0, 0.1) is 0 Å². The van der Waals surface area contributed by atoms with E-state index in [4.69, 9.17) is 23.7 Å². The molecule has 0 radical (unpaired) electrons. The van der Waals surface area contributed by atoms with Crippen LogP contribution in [0.3, 0.4) is 0 Å². The van der Waals surface area contributed by atoms with Crippen LogP contribution in [0.5, 0.6) is 11.5 Å². The van der Waals surface area contributed by atoms with Crippen molar-refractivity contribution in [1.82, 2.24) is 0 Å². The summed E-state index contributed by atoms with van der Waals surface area (Å²) in [6, 6.07) is 12.8. The molecule has 0 bridgehead atoms. The van der Waals surface area contributed by atoms with Crippen molar-refractivity contribution in [3.63, 3.8) is 0 Å². The first-order chi connectivity index (χ1) is 14.3. The van der Waals surface area contributed by atoms with E-state index in [1.807, 2.05) is 0 Å². The molecule has 0 saturated carbocycles. The summed E-state index contributed by atoms with van der Waals surface area (Å²) in [5.74, 6) is 1.88. The van der Waals surface area contributed by atoms with Crippen molar-refractivity contribution >= 4 is 0 Å². The fraction of sp³-hybridized carbons (Fsp3) is 0.500. The molecule has 5 heteroatoms. The molecule has 0 aromatic heterocycles. The summed E-state index contributed by atoms with van der Waals surface area (Å²) in [5, 5.41) is 0. The highest BCUT2D eigenvalue weighted by atomic mass is 16.6. The van der Waals surface area contributed by atoms with Gasteiger partial charge in [0.25, 0.3) is 0 Å². The van der Waals surface area contributed by atoms with Crippen molar-refractivity contribution in [1.29, 1.82) is 0 Å². The van der Waals surface area contributed by atoms with Gasteiger partial charge in [-0.15, -0.1) is 0 Å². The van der Waals surface area contributed by atoms with E-state index in [0.717, 1.165) is 63.6 Å². The summed E-state index contributed by atoms with van der Waals surface area (Å²) in [4.78, 5) is 0. The van der Waals surface area contributed by atoms with Gasteiger partial charge < -0.3 is 23.7 Å². The molecule has 4 fully saturated rings. The van der Waals surface area contributed by atoms with Crippen molar-refractivity contribution < 1.29 is 23.7 Å². The maximum Gasteiger partial charge on any atom is 0.131 e. The Labute approximate surface area is 170 Å². The highest BCUT2D eigenvalue weighted by molar-refractivity contribution is 5.48. The first-order valence-corrected chi connectivity index (χ1v) is 10.7. The summed E-state index contributed by atoms with van der Waals surface area (Å²) in [6.45, 7) is 3.41. The summed E-state index contributed by atoms with van der Waals surface area (Å²) in [5.41, 5.74) is 5.15. The molecule has 4 atom stereocenters. The summed E-state index contributed by atoms with van der Waals surface area (Å²) in [7, 11) is 0. The third kappa shape index (κ3) is 4.48. The third-order valence-electron chi connectivity index (χ3n) is 6.05. The maximum absolute atomic E-state index is 6.59. The second kappa shape index (κ2) is 7.40. The van der Waals surface area contributed by atoms with Gasteiger partial charge in [0.05, 0.1) is 50.8 Å². The zero-order valence-electron chi connectivity index (χ0n) is 16.5. The fourth-order valence-electron chi connectivity index (χ4n) is 4.07. The molecule has 29 heavy (non-hydrogen) atoms. The third-order valence-corrected chi connectivity index (χ3v) is 6.05. The van der Waals surface area contributed by atoms with Crippen LogP contribution in [-0.4, -0.2) is 50.8 Å². The van der Waals surface area contributed by atoms with Crippen molar-refractivity contribution in [2.45, 2.75) is 50.1 Å². The lowest BCUT2D eigenvalue weighted by molar-refractivity contribution is 0.392. The summed E-state index contributed by atoms with van der Waals surface area (Å²) in [6.07, 6.45) is 5.03. The molecular weight excluding hydrogens is 368 g/mol. The molecule has 4 heterocycles. The van der Waals surface area contributed by atoms with Crippen LogP contribution in [0.4, 0.5) is 0 Å². The van der Waals surface area contributed by atoms with Gasteiger partial charge in [0, 0.05) is 36.8 Å². The SMILES string of the molecule is c1cc(CC2CO2)c(CC2CO2)c(Oc2cccc(CC3CO3)c2CC2CO2)c1. The zero-order chi connectivity index (χ0) is 19.2. The van der Waals surface area contributed by atoms with Crippen LogP contribution in [0.2, 0.25) is 0 Å². The molecule has 4 aliphatic heterocycles. The van der Waals surface area contributed by atoms with E-state index < -0.39 is 0 Å². The van der Waals surface area contributed by atoms with E-state index in [2.05, 4.69) is 36.4 Å². The Morgan fingerprint density at radius 3 is 1.34 bits per heavy atom. The lowest BCUT2D eigenvalue weighted by atomic mass is 9.97. The molecule has 4 unspecified atom stereocenters. The summed E-state index contributed by atoms with van der Waals surface area (Å²) >= 11 is 0. The van der Waals surface area contributed by atoms with E-state index in [1.165, 1.54) is 22.3 Å². The highest BCUT2D eigenvalue weighted by Crippen LogP contribution is 2.37. The van der Waals surface area contributed by atoms with Crippen molar-refractivity contribution in [3.05, 3.63) is 58.7 Å². The van der Waals surface area contributed by atoms with Crippen LogP contribution < -0.4 is 4.74 Å². The van der Waals surface area contributed by atoms with E-state index >= 15 is 0 Å². The monoisotopic (exact) mass is 394 g/mol. The number of ether oxygens (including phenoxy) is 5. The van der Waals surface area contributed by atoms with Gasteiger partial charge in [-0.2, -0.15) is 0 Å². The normalized spacial score (nSPS) is 28.8. The molecular formula is C24H26O5. The van der Waals surface area contributed by atoms with Gasteiger partial charge in [-0.1, -0.05) is 24.3 Å². The van der Waals surface area contributed by atoms with Gasteiger partial charge in [-0.05, 0) is 23.3 Å². The Hall–Kier alpha value is -1.92. The molecule has 2 aromatic rings. The number of hydrogen-bond acceptors (Lipinski definition) is 5. The van der Waals surface area contributed by atoms with E-state index in [1.54, 1.807) is 0 Å². The van der Waals surface area contributed by atoms with E-state index in [9.17, 15) is 0 Å². The Morgan fingerprint density at radius 1 is 0.586 bits per heavy atom. The quantitative estimate of drug-likeness (QED) is 0.579. The molecule has 4 aliphatic rings. The molecule has 5 nitrogen and oxygen atoms in total. The van der Waals surface area contributed by atoms with Gasteiger partial charge in [-0.25, -0.2) is 0 Å². The fourth-order valence-corrected chi connectivity index (χ4v) is 4.07. The lowest BCUT2D eigenvalue weighted by Gasteiger charge is -2.18. The zero-order valence-corrected chi connectivity index (χ0v) is 16.5. The number of benzene rings is 2. The Balaban J connectivity index is 1.32. The van der Waals surface area contributed by atoms with Crippen LogP contribution in [0.25, 0.3) is 0 Å². The molecule has 152 valence electrons. The lowest BCUT2D eigenvalue weighted by Crippen LogP contribution is -2.07. The van der Waals surface area contributed by atoms with Gasteiger partial charge in [0.2, 0.25) is 0 Å². The number of epoxide rings is 4. The molecule has 2 aromatic carbocycles. The first kappa shape index (κ1) is 17.9. The Kier molecular flexibility index (Phi) is 4.57. The molecule has 0 amide bonds. The molecule has 0 aliphatic carbocycles. The van der Waals surface area contributed by atoms with Crippen LogP contribution in [0.1, 0.15) is 22.3 Å². The second-order valence-corrected chi connectivity index (χ2v) is 8.53. The average Bonchev–Trinajstić information content (AvgIpc) is 3.50. The van der Waals surface area contributed by atoms with Crippen molar-refractivity contribution in [3.8, 4) is 11.5 Å². The van der Waals surface area contributed by atoms with Crippen LogP contribution in [-0.2, 0) is 44.6 Å². The number of rotatable bonds is 10. The second-order valence-electron chi connectivity index (χ2n) is 8.53. The molecule has 4 saturated heterocycles. The van der Waals surface area contributed by atoms with Crippen molar-refractivity contribution in [2.24, 2.45) is 0 Å². The highest BCUT2D eigenvalue weighted by Gasteiger charge is 2.31. The van der Waals surface area contributed by atoms with Crippen LogP contribution >= 0.6 is 0 Å². The topological polar surface area (TPSA) is 59.4 Å². The average molecular weight is 394 g/mol. The number of hydrogen-bond donors (Lipinski definition) is 0. The molecule has 0 N–H and O–H groups in total. The minimum Gasteiger partial charge on any atom is -0.457 e. The van der Waals surface area contributed by atoms with Crippen molar-refractivity contribution in [2.75, 3.05) is 26.4 Å². The van der Waals surface area contributed by atoms with Gasteiger partial charge >= 0.3 is 0 Å². The smallest absolute Gasteiger partial charge is 0.131 e. The van der Waals surface area contributed by atoms with Crippen LogP contribution in [0.15, 0.2) is 36.4 Å². The van der Waals surface area contributed by atoms with Gasteiger partial charge in [0.15, 0.2) is 0 Å². The van der Waals surface area contributed by atoms with Gasteiger partial charge in [0.1, 0.15) is 11.5 Å². The maximum atomic E-state index is 6.59. The Morgan fingerprint density at radius 2 is 0.966 bits per heavy atom. The first-order valence-electron chi connectivity index (χ1n) is 10.7. The minimum atomic E-state index is 0.316. The standard InChI is InChI=1S/C24H26O5/c1-3-15(7-17-11-25-17)21(9-19-13-27-19)23(5-1)29-24-6-2-4-16(8-18-12-26-18)22(24)10-20-14-28-20/h1-6,17-20H,7-14H2. The Bertz CT molecular complexity index is 821.